The number of aromatic amines is 1. The molecule has 0 aliphatic carbocycles. The number of aromatic nitrogens is 4. The molecule has 0 radical (unpaired) electrons. The number of fused-ring (bicyclic) bond motifs is 3. The van der Waals surface area contributed by atoms with Crippen LogP contribution in [0.25, 0.3) is 17.2 Å². The van der Waals surface area contributed by atoms with Crippen LogP contribution in [0.1, 0.15) is 58.7 Å². The van der Waals surface area contributed by atoms with Gasteiger partial charge >= 0.3 is 17.8 Å². The average molecular weight is 571 g/mol. The minimum atomic E-state index is -0.0938. The lowest BCUT2D eigenvalue weighted by Crippen LogP contribution is -2.43. The second-order valence-corrected chi connectivity index (χ2v) is 10.8. The molecule has 3 aromatic heterocycles. The maximum absolute atomic E-state index is 11.8. The van der Waals surface area contributed by atoms with Crippen LogP contribution in [0.15, 0.2) is 71.9 Å². The average Bonchev–Trinajstić information content (AvgIpc) is 3.19. The first kappa shape index (κ1) is 30.0. The number of carbonyl (C=O) groups is 2. The summed E-state index contributed by atoms with van der Waals surface area (Å²) in [7, 11) is 0. The van der Waals surface area contributed by atoms with Crippen molar-refractivity contribution in [2.75, 3.05) is 10.6 Å². The number of nitrogens with zero attached hydrogens (tertiary/aromatic N) is 5. The van der Waals surface area contributed by atoms with E-state index in [1.54, 1.807) is 26.8 Å². The van der Waals surface area contributed by atoms with E-state index in [0.29, 0.717) is 18.0 Å². The number of amides is 4. The van der Waals surface area contributed by atoms with Crippen LogP contribution in [0.5, 0.6) is 0 Å². The van der Waals surface area contributed by atoms with Crippen LogP contribution in [-0.2, 0) is 6.54 Å². The van der Waals surface area contributed by atoms with Crippen LogP contribution in [0, 0.1) is 0 Å². The largest absolute Gasteiger partial charge is 0.327 e. The number of carbonyl (C=O) groups excluding carboxylic acids is 2. The molecule has 0 bridgehead atoms. The summed E-state index contributed by atoms with van der Waals surface area (Å²) in [5, 5.41) is 5.65. The Kier molecular flexibility index (Phi) is 9.41. The molecule has 11 nitrogen and oxygen atoms in total. The predicted octanol–water partition coefficient (Wildman–Crippen LogP) is 6.06. The Morgan fingerprint density at radius 1 is 0.762 bits per heavy atom. The molecule has 0 saturated carbocycles. The molecule has 1 aromatic carbocycles. The zero-order valence-corrected chi connectivity index (χ0v) is 24.8. The number of para-hydroxylation sites is 1. The fourth-order valence-corrected chi connectivity index (χ4v) is 4.57. The molecule has 0 spiro atoms. The molecule has 0 fully saturated rings. The molecule has 11 heteroatoms. The number of rotatable bonds is 3. The Hall–Kier alpha value is -4.93. The first-order chi connectivity index (χ1) is 20.1. The maximum Gasteiger partial charge on any atom is 0.327 e. The highest BCUT2D eigenvalue weighted by Crippen LogP contribution is 2.22. The fourth-order valence-electron chi connectivity index (χ4n) is 4.57. The number of benzene rings is 1. The summed E-state index contributed by atoms with van der Waals surface area (Å²) in [6, 6.07) is 15.7. The van der Waals surface area contributed by atoms with E-state index in [9.17, 15) is 14.4 Å². The third-order valence-corrected chi connectivity index (χ3v) is 6.76. The van der Waals surface area contributed by atoms with Gasteiger partial charge in [0.25, 0.3) is 0 Å². The number of nitrogens with one attached hydrogen (secondary N) is 3. The van der Waals surface area contributed by atoms with Gasteiger partial charge in [0.2, 0.25) is 0 Å². The first-order valence-corrected chi connectivity index (χ1v) is 14.0. The third-order valence-electron chi connectivity index (χ3n) is 6.76. The third kappa shape index (κ3) is 6.85. The molecule has 4 amide bonds. The molecular formula is C31H38N8O3. The summed E-state index contributed by atoms with van der Waals surface area (Å²) < 4.78 is 1.70. The first-order valence-electron chi connectivity index (χ1n) is 14.0. The van der Waals surface area contributed by atoms with Crippen LogP contribution in [0.3, 0.4) is 0 Å². The van der Waals surface area contributed by atoms with E-state index in [1.165, 1.54) is 0 Å². The molecular weight excluding hydrogens is 532 g/mol. The molecule has 0 unspecified atom stereocenters. The second-order valence-electron chi connectivity index (χ2n) is 10.8. The Morgan fingerprint density at radius 3 is 2.19 bits per heavy atom. The van der Waals surface area contributed by atoms with Crippen molar-refractivity contribution >= 4 is 40.8 Å². The van der Waals surface area contributed by atoms with E-state index < -0.39 is 0 Å². The predicted molar refractivity (Wildman–Crippen MR) is 166 cm³/mol. The van der Waals surface area contributed by atoms with Crippen molar-refractivity contribution in [1.29, 1.82) is 0 Å². The summed E-state index contributed by atoms with van der Waals surface area (Å²) in [4.78, 5) is 49.1. The van der Waals surface area contributed by atoms with Gasteiger partial charge in [-0.05, 0) is 77.4 Å². The molecule has 4 aromatic rings. The van der Waals surface area contributed by atoms with Crippen molar-refractivity contribution in [1.82, 2.24) is 29.3 Å². The smallest absolute Gasteiger partial charge is 0.318 e. The number of anilines is 2. The molecule has 6 rings (SSSR count). The molecule has 2 aliphatic heterocycles. The number of H-pyrrole nitrogens is 1. The van der Waals surface area contributed by atoms with Crippen LogP contribution < -0.4 is 16.3 Å². The van der Waals surface area contributed by atoms with E-state index in [-0.39, 0.29) is 35.9 Å². The quantitative estimate of drug-likeness (QED) is 0.276. The molecule has 5 heterocycles. The summed E-state index contributed by atoms with van der Waals surface area (Å²) in [6.07, 6.45) is 7.13. The van der Waals surface area contributed by atoms with Crippen LogP contribution in [0.2, 0.25) is 0 Å². The Bertz CT molecular complexity index is 1640. The molecule has 2 aliphatic rings. The summed E-state index contributed by atoms with van der Waals surface area (Å²) in [6.45, 7) is 12.6. The van der Waals surface area contributed by atoms with E-state index in [4.69, 9.17) is 0 Å². The number of urea groups is 2. The molecule has 0 saturated heterocycles. The van der Waals surface area contributed by atoms with Crippen molar-refractivity contribution in [3.05, 3.63) is 88.7 Å². The van der Waals surface area contributed by atoms with Gasteiger partial charge in [0.15, 0.2) is 5.65 Å². The summed E-state index contributed by atoms with van der Waals surface area (Å²) >= 11 is 0. The minimum absolute atomic E-state index is 0.0637. The number of pyridine rings is 2. The van der Waals surface area contributed by atoms with Gasteiger partial charge in [-0.2, -0.15) is 0 Å². The van der Waals surface area contributed by atoms with E-state index in [2.05, 4.69) is 25.6 Å². The fraction of sp³-hybridized carbons (Fsp3) is 0.323. The van der Waals surface area contributed by atoms with Gasteiger partial charge in [-0.3, -0.25) is 19.8 Å². The maximum atomic E-state index is 11.8. The lowest BCUT2D eigenvalue weighted by Gasteiger charge is -2.31. The monoisotopic (exact) mass is 570 g/mol. The molecule has 42 heavy (non-hydrogen) atoms. The van der Waals surface area contributed by atoms with Gasteiger partial charge in [0, 0.05) is 48.0 Å². The normalized spacial score (nSPS) is 13.9. The Morgan fingerprint density at radius 2 is 1.48 bits per heavy atom. The molecule has 0 atom stereocenters. The highest BCUT2D eigenvalue weighted by molar-refractivity contribution is 5.94. The Balaban J connectivity index is 0.000000145. The summed E-state index contributed by atoms with van der Waals surface area (Å²) in [5.41, 5.74) is 4.39. The van der Waals surface area contributed by atoms with Crippen molar-refractivity contribution in [3.8, 4) is 0 Å². The van der Waals surface area contributed by atoms with Crippen molar-refractivity contribution < 1.29 is 9.59 Å². The highest BCUT2D eigenvalue weighted by Gasteiger charge is 2.24. The summed E-state index contributed by atoms with van der Waals surface area (Å²) in [5.74, 6) is 0.689. The van der Waals surface area contributed by atoms with E-state index >= 15 is 0 Å². The minimum Gasteiger partial charge on any atom is -0.318 e. The number of hydrogen-bond acceptors (Lipinski definition) is 5. The van der Waals surface area contributed by atoms with Crippen LogP contribution >= 0.6 is 0 Å². The lowest BCUT2D eigenvalue weighted by molar-refractivity contribution is 0.190. The van der Waals surface area contributed by atoms with Gasteiger partial charge in [-0.25, -0.2) is 24.4 Å². The van der Waals surface area contributed by atoms with Crippen molar-refractivity contribution in [3.63, 3.8) is 0 Å². The lowest BCUT2D eigenvalue weighted by atomic mass is 10.2. The SMILES string of the molecule is CC(C)N1C=Cc2ccccc2NC1=O.CC(C)N1Cc2cccnc2NC1=O.CC(C)n1c(=O)[nH]c2ncccc21. The zero-order valence-electron chi connectivity index (χ0n) is 24.8. The topological polar surface area (TPSA) is 128 Å². The van der Waals surface area contributed by atoms with Gasteiger partial charge < -0.3 is 10.2 Å². The van der Waals surface area contributed by atoms with Gasteiger partial charge in [-0.1, -0.05) is 24.3 Å². The molecule has 3 N–H and O–H groups in total. The van der Waals surface area contributed by atoms with Crippen molar-refractivity contribution in [2.45, 2.75) is 66.2 Å². The van der Waals surface area contributed by atoms with Crippen molar-refractivity contribution in [2.24, 2.45) is 0 Å². The van der Waals surface area contributed by atoms with E-state index in [0.717, 1.165) is 22.3 Å². The zero-order chi connectivity index (χ0) is 30.4. The highest BCUT2D eigenvalue weighted by atomic mass is 16.2. The van der Waals surface area contributed by atoms with Gasteiger partial charge in [0.05, 0.1) is 12.1 Å². The van der Waals surface area contributed by atoms with Crippen LogP contribution in [-0.4, -0.2) is 53.5 Å². The standard InChI is InChI=1S/C12H14N2O.C10H13N3O.C9H11N3O/c1-9(2)14-8-7-10-5-3-4-6-11(10)13-12(14)15;1-7(2)13-6-8-4-3-5-11-9(8)12-10(13)14;1-6(2)12-7-4-3-5-10-8(7)11-9(12)13/h3-9H,1-2H3,(H,13,15);3-5,7H,6H2,1-2H3,(H,11,12,14);3-6H,1-2H3,(H,10,11,13). The van der Waals surface area contributed by atoms with E-state index in [1.807, 2.05) is 102 Å². The number of hydrogen-bond donors (Lipinski definition) is 3. The van der Waals surface area contributed by atoms with Gasteiger partial charge in [0.1, 0.15) is 5.82 Å². The number of imidazole rings is 1. The van der Waals surface area contributed by atoms with Crippen LogP contribution in [0.4, 0.5) is 21.1 Å². The molecule has 220 valence electrons. The second kappa shape index (κ2) is 13.2. The Labute approximate surface area is 245 Å². The van der Waals surface area contributed by atoms with Gasteiger partial charge in [-0.15, -0.1) is 0 Å².